The number of methoxy groups -OCH3 is 1. The minimum absolute atomic E-state index is 0.0306. The molecule has 7 rings (SSSR count). The maximum Gasteiger partial charge on any atom is 0.338 e. The molecule has 62 heavy (non-hydrogen) atoms. The van der Waals surface area contributed by atoms with E-state index in [0.717, 1.165) is 11.6 Å². The number of rotatable bonds is 18. The molecule has 0 N–H and O–H groups in total. The van der Waals surface area contributed by atoms with Crippen LogP contribution in [-0.2, 0) is 54.0 Å². The Morgan fingerprint density at radius 1 is 0.774 bits per heavy atom. The van der Waals surface area contributed by atoms with Gasteiger partial charge in [-0.3, -0.25) is 4.79 Å². The van der Waals surface area contributed by atoms with Crippen molar-refractivity contribution in [2.45, 2.75) is 114 Å². The van der Waals surface area contributed by atoms with Crippen LogP contribution in [-0.4, -0.2) is 102 Å². The van der Waals surface area contributed by atoms with Gasteiger partial charge in [-0.05, 0) is 62.1 Å². The van der Waals surface area contributed by atoms with E-state index >= 15 is 4.79 Å². The van der Waals surface area contributed by atoms with Crippen LogP contribution in [0.15, 0.2) is 91.0 Å². The number of hydrogen-bond acceptors (Lipinski definition) is 12. The van der Waals surface area contributed by atoms with Gasteiger partial charge in [-0.25, -0.2) is 9.59 Å². The maximum absolute atomic E-state index is 16.0. The van der Waals surface area contributed by atoms with Crippen LogP contribution in [0.5, 0.6) is 0 Å². The van der Waals surface area contributed by atoms with Crippen LogP contribution in [0.2, 0.25) is 25.7 Å². The predicted molar refractivity (Wildman–Crippen MR) is 233 cm³/mol. The quantitative estimate of drug-likeness (QED) is 0.0527. The Morgan fingerprint density at radius 2 is 1.42 bits per heavy atom. The summed E-state index contributed by atoms with van der Waals surface area (Å²) >= 11 is 0. The molecule has 0 unspecified atom stereocenters. The molecule has 0 aromatic heterocycles. The Kier molecular flexibility index (Phi) is 14.3. The number of Topliss-reactive ketones (excluding diaryl/α,β-unsaturated/α-hetero) is 1. The van der Waals surface area contributed by atoms with Gasteiger partial charge in [0.15, 0.2) is 11.4 Å². The Labute approximate surface area is 367 Å². The van der Waals surface area contributed by atoms with E-state index in [1.165, 1.54) is 7.11 Å². The SMILES string of the molecule is COCO[C@H]1C(=O)[C@]2(C)[C@@H](OCOCc3ccccc3)C[C@H]3OC[C@@]3(OCOCC[Si](C)(C)C)[C@H]2C[C@H](OC(=O)c2ccccc2)[C@]2(OC(=O)c3ccccc3)CC[C@H]1C2(C)C. The van der Waals surface area contributed by atoms with Gasteiger partial charge in [0.1, 0.15) is 38.2 Å². The third-order valence-electron chi connectivity index (χ3n) is 14.2. The van der Waals surface area contributed by atoms with E-state index in [9.17, 15) is 9.59 Å². The van der Waals surface area contributed by atoms with Gasteiger partial charge in [-0.2, -0.15) is 0 Å². The first-order valence-electron chi connectivity index (χ1n) is 21.9. The van der Waals surface area contributed by atoms with E-state index in [4.69, 9.17) is 42.6 Å². The molecule has 1 aliphatic heterocycles. The topological polar surface area (TPSA) is 134 Å². The highest BCUT2D eigenvalue weighted by Crippen LogP contribution is 2.64. The standard InChI is InChI=1S/C49H64O12Si/c1-46(2)37-23-24-49(46,61-45(52)36-21-15-10-16-22-36)41(60-44(51)35-19-13-9-14-20-35)27-38-47(3,43(50)42(37)58-31-53-4)39(57-32-55-29-34-17-11-8-12-18-34)28-40-48(38,30-56-40)59-33-54-25-26-62(5,6)7/h8-22,37-42H,23-33H2,1-7H3/t37-,38+,39+,40-,41+,42-,47+,48-,49-/m1/s1. The lowest BCUT2D eigenvalue weighted by Gasteiger charge is -2.63. The average molecular weight is 873 g/mol. The van der Waals surface area contributed by atoms with Crippen molar-refractivity contribution < 1.29 is 57.0 Å². The molecule has 4 aliphatic rings. The molecule has 2 bridgehead atoms. The molecule has 3 aliphatic carbocycles. The van der Waals surface area contributed by atoms with Gasteiger partial charge >= 0.3 is 11.9 Å². The molecule has 1 heterocycles. The first-order valence-corrected chi connectivity index (χ1v) is 25.6. The predicted octanol–water partition coefficient (Wildman–Crippen LogP) is 8.26. The van der Waals surface area contributed by atoms with Crippen molar-refractivity contribution in [2.75, 3.05) is 40.7 Å². The Bertz CT molecular complexity index is 1970. The van der Waals surface area contributed by atoms with Gasteiger partial charge < -0.3 is 42.6 Å². The molecule has 1 saturated heterocycles. The second-order valence-corrected chi connectivity index (χ2v) is 24.9. The van der Waals surface area contributed by atoms with Crippen LogP contribution in [0.3, 0.4) is 0 Å². The minimum Gasteiger partial charge on any atom is -0.454 e. The highest BCUT2D eigenvalue weighted by Gasteiger charge is 2.75. The summed E-state index contributed by atoms with van der Waals surface area (Å²) in [5, 5.41) is 0. The summed E-state index contributed by atoms with van der Waals surface area (Å²) in [4.78, 5) is 44.9. The lowest BCUT2D eigenvalue weighted by atomic mass is 9.52. The zero-order valence-electron chi connectivity index (χ0n) is 37.3. The largest absolute Gasteiger partial charge is 0.454 e. The zero-order chi connectivity index (χ0) is 44.2. The van der Waals surface area contributed by atoms with Crippen LogP contribution in [0.25, 0.3) is 0 Å². The number of hydrogen-bond donors (Lipinski definition) is 0. The number of esters is 2. The molecule has 9 atom stereocenters. The van der Waals surface area contributed by atoms with Gasteiger partial charge in [0.2, 0.25) is 0 Å². The van der Waals surface area contributed by atoms with E-state index in [1.807, 2.05) is 63.2 Å². The Morgan fingerprint density at radius 3 is 2.03 bits per heavy atom. The fourth-order valence-electron chi connectivity index (χ4n) is 10.5. The summed E-state index contributed by atoms with van der Waals surface area (Å²) in [5.41, 5.74) is -3.16. The second-order valence-electron chi connectivity index (χ2n) is 19.3. The fraction of sp³-hybridized carbons (Fsp3) is 0.571. The minimum atomic E-state index is -1.43. The summed E-state index contributed by atoms with van der Waals surface area (Å²) in [7, 11) is 0.109. The molecular formula is C49H64O12Si. The molecule has 0 radical (unpaired) electrons. The smallest absolute Gasteiger partial charge is 0.338 e. The lowest BCUT2D eigenvalue weighted by molar-refractivity contribution is -0.356. The summed E-state index contributed by atoms with van der Waals surface area (Å²) in [6, 6.07) is 28.3. The van der Waals surface area contributed by atoms with Crippen molar-refractivity contribution in [1.29, 1.82) is 0 Å². The van der Waals surface area contributed by atoms with Gasteiger partial charge in [-0.1, -0.05) is 100 Å². The molecule has 12 nitrogen and oxygen atoms in total. The van der Waals surface area contributed by atoms with Crippen molar-refractivity contribution >= 4 is 25.8 Å². The van der Waals surface area contributed by atoms with Crippen molar-refractivity contribution in [3.8, 4) is 0 Å². The second kappa shape index (κ2) is 19.1. The average Bonchev–Trinajstić information content (AvgIpc) is 3.52. The van der Waals surface area contributed by atoms with Gasteiger partial charge in [0, 0.05) is 45.5 Å². The zero-order valence-corrected chi connectivity index (χ0v) is 38.3. The molecule has 0 amide bonds. The van der Waals surface area contributed by atoms with Crippen LogP contribution in [0, 0.1) is 22.7 Å². The van der Waals surface area contributed by atoms with Crippen molar-refractivity contribution in [2.24, 2.45) is 22.7 Å². The monoisotopic (exact) mass is 872 g/mol. The number of carbonyl (C=O) groups is 3. The highest BCUT2D eigenvalue weighted by atomic mass is 28.3. The Hall–Kier alpha value is -3.79. The van der Waals surface area contributed by atoms with E-state index in [0.29, 0.717) is 43.6 Å². The molecule has 3 saturated carbocycles. The maximum atomic E-state index is 16.0. The molecule has 4 fully saturated rings. The van der Waals surface area contributed by atoms with Gasteiger partial charge in [0.25, 0.3) is 0 Å². The first kappa shape index (κ1) is 46.2. The highest BCUT2D eigenvalue weighted by molar-refractivity contribution is 6.76. The van der Waals surface area contributed by atoms with Crippen molar-refractivity contribution in [3.05, 3.63) is 108 Å². The van der Waals surface area contributed by atoms with E-state index < -0.39 is 78.3 Å². The van der Waals surface area contributed by atoms with Gasteiger partial charge in [0.05, 0.1) is 42.0 Å². The van der Waals surface area contributed by atoms with E-state index in [2.05, 4.69) is 19.6 Å². The normalized spacial score (nSPS) is 31.4. The summed E-state index contributed by atoms with van der Waals surface area (Å²) in [6.45, 7) is 13.5. The van der Waals surface area contributed by atoms with Gasteiger partial charge in [-0.15, -0.1) is 0 Å². The molecule has 13 heteroatoms. The molecular weight excluding hydrogens is 809 g/mol. The number of carbonyl (C=O) groups excluding carboxylic acids is 3. The molecule has 3 aromatic rings. The number of fused-ring (bicyclic) bond motifs is 5. The Balaban J connectivity index is 1.35. The van der Waals surface area contributed by atoms with Crippen molar-refractivity contribution in [1.82, 2.24) is 0 Å². The fourth-order valence-corrected chi connectivity index (χ4v) is 11.3. The third kappa shape index (κ3) is 9.10. The first-order chi connectivity index (χ1) is 29.7. The molecule has 336 valence electrons. The third-order valence-corrected chi connectivity index (χ3v) is 15.9. The summed E-state index contributed by atoms with van der Waals surface area (Å²) in [5.74, 6) is -2.56. The number of ether oxygens (including phenoxy) is 9. The number of ketones is 1. The summed E-state index contributed by atoms with van der Waals surface area (Å²) in [6.07, 6.45) is -2.25. The lowest BCUT2D eigenvalue weighted by Crippen LogP contribution is -2.76. The van der Waals surface area contributed by atoms with Crippen molar-refractivity contribution in [3.63, 3.8) is 0 Å². The molecule has 3 aromatic carbocycles. The van der Waals surface area contributed by atoms with Crippen LogP contribution < -0.4 is 0 Å². The van der Waals surface area contributed by atoms with E-state index in [-0.39, 0.29) is 39.2 Å². The van der Waals surface area contributed by atoms with Crippen LogP contribution in [0.1, 0.15) is 72.7 Å². The van der Waals surface area contributed by atoms with Crippen LogP contribution in [0.4, 0.5) is 0 Å². The van der Waals surface area contributed by atoms with Crippen LogP contribution >= 0.6 is 0 Å². The summed E-state index contributed by atoms with van der Waals surface area (Å²) < 4.78 is 57.9. The van der Waals surface area contributed by atoms with E-state index in [1.54, 1.807) is 48.5 Å². The number of benzene rings is 3. The molecule has 0 spiro atoms.